The molecule has 1 aliphatic rings. The standard InChI is InChI=1S/C25H23ClFN5O/c26-20-5-1-17(2-6-20)16-29-25(33)19-9-12-31(13-10-19)24-23-15-22(30-32(23)14-11-28-24)18-3-7-21(27)8-4-18/h1-8,11,14-15,19H,9-10,12-13,16H2,(H,29,33). The number of rotatable bonds is 5. The number of hydrogen-bond donors (Lipinski definition) is 1. The van der Waals surface area contributed by atoms with Crippen LogP contribution in [0.1, 0.15) is 18.4 Å². The van der Waals surface area contributed by atoms with Crippen molar-refractivity contribution in [2.75, 3.05) is 18.0 Å². The predicted molar refractivity (Wildman–Crippen MR) is 127 cm³/mol. The third-order valence-electron chi connectivity index (χ3n) is 6.05. The number of hydrogen-bond acceptors (Lipinski definition) is 4. The minimum Gasteiger partial charge on any atom is -0.355 e. The van der Waals surface area contributed by atoms with Crippen molar-refractivity contribution in [2.24, 2.45) is 5.92 Å². The Hall–Kier alpha value is -3.45. The summed E-state index contributed by atoms with van der Waals surface area (Å²) in [5.74, 6) is 0.634. The number of fused-ring (bicyclic) bond motifs is 1. The zero-order chi connectivity index (χ0) is 22.8. The van der Waals surface area contributed by atoms with Gasteiger partial charge in [0.15, 0.2) is 5.82 Å². The molecule has 0 atom stereocenters. The van der Waals surface area contributed by atoms with Crippen LogP contribution >= 0.6 is 11.6 Å². The predicted octanol–water partition coefficient (Wildman–Crippen LogP) is 4.72. The average Bonchev–Trinajstić information content (AvgIpc) is 3.28. The molecule has 168 valence electrons. The number of nitrogens with one attached hydrogen (secondary N) is 1. The van der Waals surface area contributed by atoms with Crippen molar-refractivity contribution in [3.05, 3.63) is 83.4 Å². The molecule has 0 spiro atoms. The number of carbonyl (C=O) groups excluding carboxylic acids is 1. The van der Waals surface area contributed by atoms with E-state index in [0.29, 0.717) is 11.6 Å². The SMILES string of the molecule is O=C(NCc1ccc(Cl)cc1)C1CCN(c2nccn3nc(-c4ccc(F)cc4)cc23)CC1. The summed E-state index contributed by atoms with van der Waals surface area (Å²) >= 11 is 5.92. The van der Waals surface area contributed by atoms with Crippen molar-refractivity contribution in [3.8, 4) is 11.3 Å². The maximum atomic E-state index is 13.3. The van der Waals surface area contributed by atoms with E-state index >= 15 is 0 Å². The second kappa shape index (κ2) is 9.19. The van der Waals surface area contributed by atoms with E-state index in [1.54, 1.807) is 22.8 Å². The van der Waals surface area contributed by atoms with E-state index in [0.717, 1.165) is 54.1 Å². The van der Waals surface area contributed by atoms with Gasteiger partial charge in [0.05, 0.1) is 5.69 Å². The lowest BCUT2D eigenvalue weighted by Crippen LogP contribution is -2.40. The average molecular weight is 464 g/mol. The Morgan fingerprint density at radius 3 is 2.55 bits per heavy atom. The lowest BCUT2D eigenvalue weighted by molar-refractivity contribution is -0.125. The number of aromatic nitrogens is 3. The van der Waals surface area contributed by atoms with E-state index in [1.807, 2.05) is 36.5 Å². The van der Waals surface area contributed by atoms with Crippen LogP contribution in [0, 0.1) is 11.7 Å². The molecule has 0 bridgehead atoms. The maximum Gasteiger partial charge on any atom is 0.223 e. The number of benzene rings is 2. The summed E-state index contributed by atoms with van der Waals surface area (Å²) in [5, 5.41) is 8.35. The first-order valence-corrected chi connectivity index (χ1v) is 11.3. The highest BCUT2D eigenvalue weighted by Crippen LogP contribution is 2.28. The number of anilines is 1. The molecule has 6 nitrogen and oxygen atoms in total. The third-order valence-corrected chi connectivity index (χ3v) is 6.31. The number of halogens is 2. The number of piperidine rings is 1. The lowest BCUT2D eigenvalue weighted by Gasteiger charge is -2.32. The van der Waals surface area contributed by atoms with E-state index in [1.165, 1.54) is 12.1 Å². The molecule has 1 N–H and O–H groups in total. The fourth-order valence-electron chi connectivity index (χ4n) is 4.20. The van der Waals surface area contributed by atoms with Gasteiger partial charge < -0.3 is 10.2 Å². The van der Waals surface area contributed by atoms with E-state index in [4.69, 9.17) is 11.6 Å². The number of amides is 1. The molecule has 1 saturated heterocycles. The largest absolute Gasteiger partial charge is 0.355 e. The monoisotopic (exact) mass is 463 g/mol. The van der Waals surface area contributed by atoms with Gasteiger partial charge in [-0.05, 0) is 60.9 Å². The van der Waals surface area contributed by atoms with E-state index in [-0.39, 0.29) is 17.6 Å². The molecule has 0 aliphatic carbocycles. The fourth-order valence-corrected chi connectivity index (χ4v) is 4.33. The van der Waals surface area contributed by atoms with Gasteiger partial charge in [0.2, 0.25) is 5.91 Å². The van der Waals surface area contributed by atoms with Crippen LogP contribution in [0.3, 0.4) is 0 Å². The van der Waals surface area contributed by atoms with Crippen molar-refractivity contribution in [2.45, 2.75) is 19.4 Å². The summed E-state index contributed by atoms with van der Waals surface area (Å²) in [6.07, 6.45) is 5.06. The van der Waals surface area contributed by atoms with Crippen molar-refractivity contribution in [1.29, 1.82) is 0 Å². The first-order chi connectivity index (χ1) is 16.1. The summed E-state index contributed by atoms with van der Waals surface area (Å²) in [5.41, 5.74) is 3.53. The van der Waals surface area contributed by atoms with Crippen LogP contribution in [0.4, 0.5) is 10.2 Å². The molecular formula is C25H23ClFN5O. The van der Waals surface area contributed by atoms with Crippen molar-refractivity contribution in [1.82, 2.24) is 19.9 Å². The second-order valence-corrected chi connectivity index (χ2v) is 8.66. The van der Waals surface area contributed by atoms with Gasteiger partial charge in [-0.15, -0.1) is 0 Å². The summed E-state index contributed by atoms with van der Waals surface area (Å²) in [7, 11) is 0. The quantitative estimate of drug-likeness (QED) is 0.465. The van der Waals surface area contributed by atoms with Crippen LogP contribution in [-0.2, 0) is 11.3 Å². The van der Waals surface area contributed by atoms with Crippen LogP contribution in [0.15, 0.2) is 67.0 Å². The fraction of sp³-hybridized carbons (Fsp3) is 0.240. The van der Waals surface area contributed by atoms with Crippen molar-refractivity contribution < 1.29 is 9.18 Å². The van der Waals surface area contributed by atoms with E-state index in [2.05, 4.69) is 20.3 Å². The van der Waals surface area contributed by atoms with E-state index in [9.17, 15) is 9.18 Å². The molecular weight excluding hydrogens is 441 g/mol. The molecule has 1 fully saturated rings. The minimum absolute atomic E-state index is 0.0204. The summed E-state index contributed by atoms with van der Waals surface area (Å²) in [6, 6.07) is 15.8. The Kier molecular flexibility index (Phi) is 5.96. The molecule has 2 aromatic carbocycles. The Bertz CT molecular complexity index is 1260. The van der Waals surface area contributed by atoms with Crippen molar-refractivity contribution in [3.63, 3.8) is 0 Å². The smallest absolute Gasteiger partial charge is 0.223 e. The Morgan fingerprint density at radius 1 is 1.09 bits per heavy atom. The molecule has 33 heavy (non-hydrogen) atoms. The summed E-state index contributed by atoms with van der Waals surface area (Å²) < 4.78 is 15.1. The van der Waals surface area contributed by atoms with Gasteiger partial charge in [-0.25, -0.2) is 13.9 Å². The number of nitrogens with zero attached hydrogens (tertiary/aromatic N) is 4. The Labute approximate surface area is 196 Å². The molecule has 0 radical (unpaired) electrons. The second-order valence-electron chi connectivity index (χ2n) is 8.22. The van der Waals surface area contributed by atoms with Gasteiger partial charge in [-0.3, -0.25) is 4.79 Å². The molecule has 0 saturated carbocycles. The van der Waals surface area contributed by atoms with Crippen LogP contribution in [0.2, 0.25) is 5.02 Å². The minimum atomic E-state index is -0.273. The highest BCUT2D eigenvalue weighted by atomic mass is 35.5. The van der Waals surface area contributed by atoms with E-state index < -0.39 is 0 Å². The van der Waals surface area contributed by atoms with Crippen molar-refractivity contribution >= 4 is 28.8 Å². The normalized spacial score (nSPS) is 14.5. The summed E-state index contributed by atoms with van der Waals surface area (Å²) in [4.78, 5) is 19.5. The zero-order valence-corrected chi connectivity index (χ0v) is 18.7. The van der Waals surface area contributed by atoms with Gasteiger partial charge in [0.1, 0.15) is 11.3 Å². The van der Waals surface area contributed by atoms with Crippen LogP contribution in [0.5, 0.6) is 0 Å². The Morgan fingerprint density at radius 2 is 1.82 bits per heavy atom. The molecule has 0 unspecified atom stereocenters. The van der Waals surface area contributed by atoms with Gasteiger partial charge >= 0.3 is 0 Å². The molecule has 2 aromatic heterocycles. The topological polar surface area (TPSA) is 62.5 Å². The summed E-state index contributed by atoms with van der Waals surface area (Å²) in [6.45, 7) is 1.98. The van der Waals surface area contributed by atoms with Gasteiger partial charge in [-0.1, -0.05) is 23.7 Å². The molecule has 1 aliphatic heterocycles. The molecule has 4 aromatic rings. The molecule has 3 heterocycles. The highest BCUT2D eigenvalue weighted by Gasteiger charge is 2.26. The Balaban J connectivity index is 1.25. The lowest BCUT2D eigenvalue weighted by atomic mass is 9.95. The van der Waals surface area contributed by atoms with Crippen LogP contribution < -0.4 is 10.2 Å². The van der Waals surface area contributed by atoms with Gasteiger partial charge in [0, 0.05) is 48.5 Å². The molecule has 1 amide bonds. The first-order valence-electron chi connectivity index (χ1n) is 10.9. The molecule has 8 heteroatoms. The molecule has 5 rings (SSSR count). The number of carbonyl (C=O) groups is 1. The first kappa shape index (κ1) is 21.4. The zero-order valence-electron chi connectivity index (χ0n) is 17.9. The van der Waals surface area contributed by atoms with Crippen LogP contribution in [0.25, 0.3) is 16.8 Å². The highest BCUT2D eigenvalue weighted by molar-refractivity contribution is 6.30. The van der Waals surface area contributed by atoms with Crippen LogP contribution in [-0.4, -0.2) is 33.6 Å². The van der Waals surface area contributed by atoms with Gasteiger partial charge in [0.25, 0.3) is 0 Å². The van der Waals surface area contributed by atoms with Gasteiger partial charge in [-0.2, -0.15) is 5.10 Å². The third kappa shape index (κ3) is 4.68. The maximum absolute atomic E-state index is 13.3.